The van der Waals surface area contributed by atoms with Crippen molar-refractivity contribution in [3.05, 3.63) is 59.9 Å². The number of methoxy groups -OCH3 is 1. The summed E-state index contributed by atoms with van der Waals surface area (Å²) in [5, 5.41) is 0. The average molecular weight is 405 g/mol. The summed E-state index contributed by atoms with van der Waals surface area (Å²) in [4.78, 5) is 22.4. The Bertz CT molecular complexity index is 1070. The molecule has 6 nitrogen and oxygen atoms in total. The first-order chi connectivity index (χ1) is 14.7. The van der Waals surface area contributed by atoms with Gasteiger partial charge in [-0.15, -0.1) is 0 Å². The number of hydrogen-bond donors (Lipinski definition) is 1. The van der Waals surface area contributed by atoms with Crippen molar-refractivity contribution in [2.75, 3.05) is 26.8 Å². The lowest BCUT2D eigenvalue weighted by atomic mass is 10.0. The first-order valence-electron chi connectivity index (χ1n) is 10.4. The van der Waals surface area contributed by atoms with Crippen LogP contribution in [0.5, 0.6) is 11.5 Å². The zero-order valence-corrected chi connectivity index (χ0v) is 17.5. The van der Waals surface area contributed by atoms with Crippen molar-refractivity contribution in [1.82, 2.24) is 14.9 Å². The van der Waals surface area contributed by atoms with E-state index in [4.69, 9.17) is 9.47 Å². The van der Waals surface area contributed by atoms with Gasteiger partial charge >= 0.3 is 0 Å². The van der Waals surface area contributed by atoms with Gasteiger partial charge in [0.1, 0.15) is 0 Å². The van der Waals surface area contributed by atoms with Crippen molar-refractivity contribution in [3.8, 4) is 11.5 Å². The quantitative estimate of drug-likeness (QED) is 0.639. The van der Waals surface area contributed by atoms with E-state index in [1.165, 1.54) is 5.57 Å². The molecule has 0 bridgehead atoms. The number of aryl methyl sites for hydroxylation is 1. The lowest BCUT2D eigenvalue weighted by molar-refractivity contribution is -0.130. The smallest absolute Gasteiger partial charge is 0.223 e. The molecule has 0 fully saturated rings. The summed E-state index contributed by atoms with van der Waals surface area (Å²) in [7, 11) is 1.63. The number of ether oxygens (including phenoxy) is 2. The summed E-state index contributed by atoms with van der Waals surface area (Å²) in [6, 6.07) is 9.82. The molecule has 1 aliphatic rings. The number of nitrogens with zero attached hydrogens (tertiary/aromatic N) is 2. The van der Waals surface area contributed by atoms with E-state index in [0.717, 1.165) is 40.9 Å². The molecule has 1 aromatic carbocycles. The molecule has 0 aliphatic carbocycles. The van der Waals surface area contributed by atoms with Crippen molar-refractivity contribution < 1.29 is 14.3 Å². The van der Waals surface area contributed by atoms with Gasteiger partial charge in [0.2, 0.25) is 5.91 Å². The molecular formula is C24H27N3O3. The number of fused-ring (bicyclic) bond motifs is 1. The molecule has 1 aliphatic heterocycles. The van der Waals surface area contributed by atoms with Gasteiger partial charge in [0.05, 0.1) is 24.8 Å². The first-order valence-corrected chi connectivity index (χ1v) is 10.4. The Kier molecular flexibility index (Phi) is 6.02. The van der Waals surface area contributed by atoms with Crippen molar-refractivity contribution >= 4 is 22.5 Å². The standard InChI is InChI=1S/C24H27N3O3/c1-3-30-21-8-6-17(15-22(21)29-2)7-9-23(28)27-13-10-18(11-14-27)19-16-26-20-5-4-12-25-24(19)20/h4-6,8,10,12,15-16,26H,3,7,9,11,13-14H2,1-2H3. The van der Waals surface area contributed by atoms with Crippen LogP contribution in [0.3, 0.4) is 0 Å². The number of carbonyl (C=O) groups excluding carboxylic acids is 1. The molecule has 0 unspecified atom stereocenters. The van der Waals surface area contributed by atoms with Crippen LogP contribution in [-0.2, 0) is 11.2 Å². The van der Waals surface area contributed by atoms with Gasteiger partial charge in [-0.25, -0.2) is 0 Å². The number of benzene rings is 1. The number of nitrogens with one attached hydrogen (secondary N) is 1. The Hall–Kier alpha value is -3.28. The molecule has 0 atom stereocenters. The van der Waals surface area contributed by atoms with E-state index < -0.39 is 0 Å². The third-order valence-corrected chi connectivity index (χ3v) is 5.50. The van der Waals surface area contributed by atoms with Gasteiger partial charge in [-0.2, -0.15) is 0 Å². The van der Waals surface area contributed by atoms with E-state index in [0.29, 0.717) is 31.7 Å². The molecule has 1 amide bonds. The molecule has 2 aromatic heterocycles. The molecule has 3 aromatic rings. The SMILES string of the molecule is CCOc1ccc(CCC(=O)N2CC=C(c3c[nH]c4cccnc34)CC2)cc1OC. The fraction of sp³-hybridized carbons (Fsp3) is 0.333. The Labute approximate surface area is 176 Å². The third kappa shape index (κ3) is 4.17. The zero-order chi connectivity index (χ0) is 20.9. The summed E-state index contributed by atoms with van der Waals surface area (Å²) in [6.45, 7) is 3.91. The minimum atomic E-state index is 0.176. The molecule has 6 heteroatoms. The summed E-state index contributed by atoms with van der Waals surface area (Å²) in [5.74, 6) is 1.62. The molecule has 0 radical (unpaired) electrons. The Morgan fingerprint density at radius 2 is 2.17 bits per heavy atom. The van der Waals surface area contributed by atoms with Crippen LogP contribution in [0.15, 0.2) is 48.8 Å². The van der Waals surface area contributed by atoms with Crippen molar-refractivity contribution in [2.45, 2.75) is 26.2 Å². The summed E-state index contributed by atoms with van der Waals surface area (Å²) >= 11 is 0. The highest BCUT2D eigenvalue weighted by Crippen LogP contribution is 2.30. The lowest BCUT2D eigenvalue weighted by Crippen LogP contribution is -2.34. The minimum absolute atomic E-state index is 0.176. The fourth-order valence-electron chi connectivity index (χ4n) is 3.89. The molecule has 0 saturated carbocycles. The number of aromatic nitrogens is 2. The molecule has 156 valence electrons. The summed E-state index contributed by atoms with van der Waals surface area (Å²) in [6.07, 6.45) is 7.98. The number of amides is 1. The normalized spacial score (nSPS) is 13.9. The van der Waals surface area contributed by atoms with Gasteiger partial charge in [0.15, 0.2) is 11.5 Å². The number of rotatable bonds is 7. The number of carbonyl (C=O) groups is 1. The van der Waals surface area contributed by atoms with Crippen LogP contribution in [0, 0.1) is 0 Å². The van der Waals surface area contributed by atoms with Crippen molar-refractivity contribution in [3.63, 3.8) is 0 Å². The van der Waals surface area contributed by atoms with Crippen LogP contribution in [-0.4, -0.2) is 47.6 Å². The third-order valence-electron chi connectivity index (χ3n) is 5.50. The maximum atomic E-state index is 12.7. The number of aromatic amines is 1. The van der Waals surface area contributed by atoms with Gasteiger partial charge in [-0.1, -0.05) is 12.1 Å². The van der Waals surface area contributed by atoms with Crippen LogP contribution in [0.25, 0.3) is 16.6 Å². The highest BCUT2D eigenvalue weighted by molar-refractivity contribution is 5.90. The molecular weight excluding hydrogens is 378 g/mol. The van der Waals surface area contributed by atoms with E-state index in [1.54, 1.807) is 7.11 Å². The second-order valence-electron chi connectivity index (χ2n) is 7.34. The lowest BCUT2D eigenvalue weighted by Gasteiger charge is -2.26. The van der Waals surface area contributed by atoms with Gasteiger partial charge < -0.3 is 19.4 Å². The van der Waals surface area contributed by atoms with Crippen molar-refractivity contribution in [2.24, 2.45) is 0 Å². The largest absolute Gasteiger partial charge is 0.493 e. The number of H-pyrrole nitrogens is 1. The summed E-state index contributed by atoms with van der Waals surface area (Å²) < 4.78 is 11.0. The fourth-order valence-corrected chi connectivity index (χ4v) is 3.89. The van der Waals surface area contributed by atoms with Crippen LogP contribution in [0.2, 0.25) is 0 Å². The van der Waals surface area contributed by atoms with E-state index in [2.05, 4.69) is 16.0 Å². The molecule has 30 heavy (non-hydrogen) atoms. The maximum Gasteiger partial charge on any atom is 0.223 e. The molecule has 0 saturated heterocycles. The molecule has 1 N–H and O–H groups in total. The topological polar surface area (TPSA) is 67.5 Å². The molecule has 0 spiro atoms. The van der Waals surface area contributed by atoms with Crippen LogP contribution >= 0.6 is 0 Å². The summed E-state index contributed by atoms with van der Waals surface area (Å²) in [5.41, 5.74) is 5.49. The maximum absolute atomic E-state index is 12.7. The first kappa shape index (κ1) is 20.0. The van der Waals surface area contributed by atoms with E-state index in [9.17, 15) is 4.79 Å². The van der Waals surface area contributed by atoms with Gasteiger partial charge in [-0.05, 0) is 55.2 Å². The second-order valence-corrected chi connectivity index (χ2v) is 7.34. The van der Waals surface area contributed by atoms with Crippen LogP contribution < -0.4 is 9.47 Å². The molecule has 3 heterocycles. The highest BCUT2D eigenvalue weighted by atomic mass is 16.5. The van der Waals surface area contributed by atoms with Crippen LogP contribution in [0.4, 0.5) is 0 Å². The zero-order valence-electron chi connectivity index (χ0n) is 17.5. The number of hydrogen-bond acceptors (Lipinski definition) is 4. The minimum Gasteiger partial charge on any atom is -0.493 e. The molecule has 4 rings (SSSR count). The monoisotopic (exact) mass is 405 g/mol. The van der Waals surface area contributed by atoms with Gasteiger partial charge in [-0.3, -0.25) is 9.78 Å². The highest BCUT2D eigenvalue weighted by Gasteiger charge is 2.20. The average Bonchev–Trinajstić information content (AvgIpc) is 3.22. The van der Waals surface area contributed by atoms with E-state index in [-0.39, 0.29) is 5.91 Å². The Balaban J connectivity index is 1.36. The van der Waals surface area contributed by atoms with E-state index >= 15 is 0 Å². The Morgan fingerprint density at radius 1 is 1.27 bits per heavy atom. The second kappa shape index (κ2) is 9.03. The Morgan fingerprint density at radius 3 is 2.93 bits per heavy atom. The predicted octanol–water partition coefficient (Wildman–Crippen LogP) is 4.22. The van der Waals surface area contributed by atoms with Gasteiger partial charge in [0.25, 0.3) is 0 Å². The van der Waals surface area contributed by atoms with Crippen molar-refractivity contribution in [1.29, 1.82) is 0 Å². The predicted molar refractivity (Wildman–Crippen MR) is 118 cm³/mol. The van der Waals surface area contributed by atoms with E-state index in [1.807, 2.05) is 54.5 Å². The van der Waals surface area contributed by atoms with Gasteiger partial charge in [0, 0.05) is 37.5 Å². The number of pyridine rings is 1. The van der Waals surface area contributed by atoms with Crippen LogP contribution in [0.1, 0.15) is 30.9 Å².